The standard InChI is InChI=1S/C17H18N2O3S/c1-3-12(13-6-4-11(2)5-7-13)8-15(20)18-9-16-19-14(10-23-16)17(21)22/h4-8,10H,3,9H2,1-2H3,(H,18,20)(H,21,22). The molecular weight excluding hydrogens is 312 g/mol. The molecule has 0 atom stereocenters. The number of aryl methyl sites for hydroxylation is 1. The molecule has 0 aliphatic carbocycles. The lowest BCUT2D eigenvalue weighted by molar-refractivity contribution is -0.116. The van der Waals surface area contributed by atoms with Gasteiger partial charge in [-0.25, -0.2) is 9.78 Å². The molecule has 0 saturated carbocycles. The van der Waals surface area contributed by atoms with Gasteiger partial charge in [-0.3, -0.25) is 4.79 Å². The molecule has 0 fully saturated rings. The van der Waals surface area contributed by atoms with Crippen LogP contribution in [-0.4, -0.2) is 22.0 Å². The maximum Gasteiger partial charge on any atom is 0.355 e. The number of amides is 1. The number of aromatic nitrogens is 1. The summed E-state index contributed by atoms with van der Waals surface area (Å²) in [6, 6.07) is 8.02. The van der Waals surface area contributed by atoms with Crippen LogP contribution < -0.4 is 5.32 Å². The van der Waals surface area contributed by atoms with Crippen LogP contribution in [0.3, 0.4) is 0 Å². The van der Waals surface area contributed by atoms with Crippen molar-refractivity contribution in [2.45, 2.75) is 26.8 Å². The molecule has 0 saturated heterocycles. The number of aromatic carboxylic acids is 1. The number of carbonyl (C=O) groups excluding carboxylic acids is 1. The van der Waals surface area contributed by atoms with Gasteiger partial charge in [0.05, 0.1) is 6.54 Å². The summed E-state index contributed by atoms with van der Waals surface area (Å²) in [5.41, 5.74) is 3.15. The van der Waals surface area contributed by atoms with Gasteiger partial charge in [0.1, 0.15) is 5.01 Å². The van der Waals surface area contributed by atoms with Crippen molar-refractivity contribution in [3.05, 3.63) is 57.6 Å². The molecule has 2 rings (SSSR count). The van der Waals surface area contributed by atoms with E-state index in [4.69, 9.17) is 5.11 Å². The van der Waals surface area contributed by atoms with Gasteiger partial charge >= 0.3 is 5.97 Å². The normalized spacial score (nSPS) is 11.3. The van der Waals surface area contributed by atoms with Crippen LogP contribution in [0.25, 0.3) is 5.57 Å². The van der Waals surface area contributed by atoms with E-state index < -0.39 is 5.97 Å². The molecule has 0 aliphatic rings. The van der Waals surface area contributed by atoms with E-state index in [1.165, 1.54) is 22.3 Å². The van der Waals surface area contributed by atoms with E-state index in [0.717, 1.165) is 17.6 Å². The fraction of sp³-hybridized carbons (Fsp3) is 0.235. The Labute approximate surface area is 138 Å². The predicted molar refractivity (Wildman–Crippen MR) is 90.4 cm³/mol. The molecule has 1 aromatic heterocycles. The van der Waals surface area contributed by atoms with Crippen LogP contribution in [0.15, 0.2) is 35.7 Å². The molecule has 2 N–H and O–H groups in total. The van der Waals surface area contributed by atoms with Crippen molar-refractivity contribution in [3.8, 4) is 0 Å². The van der Waals surface area contributed by atoms with E-state index in [1.807, 2.05) is 38.1 Å². The molecule has 23 heavy (non-hydrogen) atoms. The quantitative estimate of drug-likeness (QED) is 0.797. The molecule has 0 radical (unpaired) electrons. The first kappa shape index (κ1) is 16.9. The number of carbonyl (C=O) groups is 2. The lowest BCUT2D eigenvalue weighted by atomic mass is 10.0. The number of nitrogens with one attached hydrogen (secondary N) is 1. The summed E-state index contributed by atoms with van der Waals surface area (Å²) >= 11 is 1.22. The molecule has 5 nitrogen and oxygen atoms in total. The first-order chi connectivity index (χ1) is 11.0. The van der Waals surface area contributed by atoms with E-state index in [0.29, 0.717) is 5.01 Å². The van der Waals surface area contributed by atoms with Gasteiger partial charge in [0, 0.05) is 11.5 Å². The Morgan fingerprint density at radius 3 is 2.57 bits per heavy atom. The number of hydrogen-bond donors (Lipinski definition) is 2. The van der Waals surface area contributed by atoms with Crippen LogP contribution in [0, 0.1) is 6.92 Å². The molecule has 0 unspecified atom stereocenters. The monoisotopic (exact) mass is 330 g/mol. The second-order valence-electron chi connectivity index (χ2n) is 5.04. The Hall–Kier alpha value is -2.47. The summed E-state index contributed by atoms with van der Waals surface area (Å²) in [4.78, 5) is 26.7. The lowest BCUT2D eigenvalue weighted by Gasteiger charge is -2.06. The van der Waals surface area contributed by atoms with E-state index in [2.05, 4.69) is 10.3 Å². The summed E-state index contributed by atoms with van der Waals surface area (Å²) in [6.45, 7) is 4.24. The predicted octanol–water partition coefficient (Wildman–Crippen LogP) is 3.26. The Morgan fingerprint density at radius 1 is 1.30 bits per heavy atom. The van der Waals surface area contributed by atoms with Crippen LogP contribution in [-0.2, 0) is 11.3 Å². The van der Waals surface area contributed by atoms with Crippen molar-refractivity contribution in [3.63, 3.8) is 0 Å². The van der Waals surface area contributed by atoms with E-state index >= 15 is 0 Å². The number of allylic oxidation sites excluding steroid dienone is 1. The molecule has 1 heterocycles. The summed E-state index contributed by atoms with van der Waals surface area (Å²) in [7, 11) is 0. The van der Waals surface area contributed by atoms with Gasteiger partial charge in [0.25, 0.3) is 0 Å². The zero-order valence-corrected chi connectivity index (χ0v) is 13.8. The number of thiazole rings is 1. The molecule has 120 valence electrons. The number of hydrogen-bond acceptors (Lipinski definition) is 4. The van der Waals surface area contributed by atoms with Gasteiger partial charge in [-0.15, -0.1) is 11.3 Å². The Bertz CT molecular complexity index is 733. The first-order valence-electron chi connectivity index (χ1n) is 7.22. The van der Waals surface area contributed by atoms with Gasteiger partial charge in [-0.1, -0.05) is 36.8 Å². The largest absolute Gasteiger partial charge is 0.476 e. The van der Waals surface area contributed by atoms with Crippen LogP contribution in [0.2, 0.25) is 0 Å². The minimum atomic E-state index is -1.06. The number of carboxylic acid groups (broad SMARTS) is 1. The summed E-state index contributed by atoms with van der Waals surface area (Å²) in [6.07, 6.45) is 2.33. The zero-order valence-electron chi connectivity index (χ0n) is 13.0. The molecule has 1 aromatic carbocycles. The molecule has 0 bridgehead atoms. The summed E-state index contributed by atoms with van der Waals surface area (Å²) in [5, 5.41) is 13.6. The zero-order chi connectivity index (χ0) is 16.8. The Kier molecular flexibility index (Phi) is 5.65. The summed E-state index contributed by atoms with van der Waals surface area (Å²) in [5.74, 6) is -1.28. The van der Waals surface area contributed by atoms with Gasteiger partial charge in [-0.2, -0.15) is 0 Å². The highest BCUT2D eigenvalue weighted by atomic mass is 32.1. The molecular formula is C17H18N2O3S. The number of nitrogens with zero attached hydrogens (tertiary/aromatic N) is 1. The van der Waals surface area contributed by atoms with Crippen molar-refractivity contribution < 1.29 is 14.7 Å². The van der Waals surface area contributed by atoms with Crippen molar-refractivity contribution in [1.82, 2.24) is 10.3 Å². The number of rotatable bonds is 6. The first-order valence-corrected chi connectivity index (χ1v) is 8.10. The third-order valence-corrected chi connectivity index (χ3v) is 4.14. The van der Waals surface area contributed by atoms with Crippen molar-refractivity contribution in [2.24, 2.45) is 0 Å². The molecule has 6 heteroatoms. The number of carboxylic acids is 1. The maximum atomic E-state index is 12.0. The lowest BCUT2D eigenvalue weighted by Crippen LogP contribution is -2.20. The van der Waals surface area contributed by atoms with Crippen LogP contribution in [0.5, 0.6) is 0 Å². The highest BCUT2D eigenvalue weighted by Crippen LogP contribution is 2.18. The smallest absolute Gasteiger partial charge is 0.355 e. The van der Waals surface area contributed by atoms with Crippen molar-refractivity contribution in [1.29, 1.82) is 0 Å². The third kappa shape index (κ3) is 4.75. The average Bonchev–Trinajstić information content (AvgIpc) is 3.01. The topological polar surface area (TPSA) is 79.3 Å². The van der Waals surface area contributed by atoms with Crippen molar-refractivity contribution >= 4 is 28.8 Å². The fourth-order valence-electron chi connectivity index (χ4n) is 2.02. The van der Waals surface area contributed by atoms with E-state index in [9.17, 15) is 9.59 Å². The summed E-state index contributed by atoms with van der Waals surface area (Å²) < 4.78 is 0. The van der Waals surface area contributed by atoms with Gasteiger partial charge in [0.15, 0.2) is 5.69 Å². The Morgan fingerprint density at radius 2 is 2.00 bits per heavy atom. The minimum absolute atomic E-state index is 0.00342. The molecule has 2 aromatic rings. The molecule has 0 spiro atoms. The van der Waals surface area contributed by atoms with E-state index in [-0.39, 0.29) is 18.1 Å². The van der Waals surface area contributed by atoms with E-state index in [1.54, 1.807) is 6.08 Å². The fourth-order valence-corrected chi connectivity index (χ4v) is 2.73. The second kappa shape index (κ2) is 7.69. The van der Waals surface area contributed by atoms with Gasteiger partial charge < -0.3 is 10.4 Å². The van der Waals surface area contributed by atoms with Crippen molar-refractivity contribution in [2.75, 3.05) is 0 Å². The number of benzene rings is 1. The van der Waals surface area contributed by atoms with Gasteiger partial charge in [0.2, 0.25) is 5.91 Å². The highest BCUT2D eigenvalue weighted by Gasteiger charge is 2.09. The van der Waals surface area contributed by atoms with Crippen LogP contribution in [0.1, 0.15) is 40.0 Å². The maximum absolute atomic E-state index is 12.0. The average molecular weight is 330 g/mol. The minimum Gasteiger partial charge on any atom is -0.476 e. The second-order valence-corrected chi connectivity index (χ2v) is 5.98. The van der Waals surface area contributed by atoms with Crippen LogP contribution in [0.4, 0.5) is 0 Å². The Balaban J connectivity index is 2.00. The van der Waals surface area contributed by atoms with Crippen LogP contribution >= 0.6 is 11.3 Å². The third-order valence-electron chi connectivity index (χ3n) is 3.29. The molecule has 0 aliphatic heterocycles. The van der Waals surface area contributed by atoms with Gasteiger partial charge in [-0.05, 0) is 24.5 Å². The highest BCUT2D eigenvalue weighted by molar-refractivity contribution is 7.09. The molecule has 1 amide bonds. The SMILES string of the molecule is CCC(=CC(=O)NCc1nc(C(=O)O)cs1)c1ccc(C)cc1.